The van der Waals surface area contributed by atoms with Crippen LogP contribution in [-0.2, 0) is 0 Å². The maximum atomic E-state index is 12.6. The molecule has 3 rings (SSSR count). The number of carbonyl (C=O) groups is 2. The van der Waals surface area contributed by atoms with Crippen LogP contribution in [0.1, 0.15) is 27.6 Å². The van der Waals surface area contributed by atoms with Gasteiger partial charge in [-0.2, -0.15) is 0 Å². The quantitative estimate of drug-likeness (QED) is 0.805. The summed E-state index contributed by atoms with van der Waals surface area (Å²) in [5.74, 6) is 0.969. The molecule has 1 amide bonds. The number of hydrogen-bond acceptors (Lipinski definition) is 5. The fourth-order valence-electron chi connectivity index (χ4n) is 2.33. The van der Waals surface area contributed by atoms with Crippen LogP contribution in [0.5, 0.6) is 17.2 Å². The van der Waals surface area contributed by atoms with Crippen LogP contribution in [0.3, 0.4) is 0 Å². The zero-order valence-electron chi connectivity index (χ0n) is 13.0. The number of anilines is 1. The van der Waals surface area contributed by atoms with Crippen molar-refractivity contribution in [2.75, 3.05) is 19.2 Å². The van der Waals surface area contributed by atoms with Crippen LogP contribution in [0.4, 0.5) is 5.69 Å². The molecule has 7 heteroatoms. The van der Waals surface area contributed by atoms with Crippen molar-refractivity contribution in [1.82, 2.24) is 0 Å². The molecule has 1 aliphatic rings. The minimum Gasteiger partial charge on any atom is -0.497 e. The summed E-state index contributed by atoms with van der Waals surface area (Å²) in [6, 6.07) is 8.23. The minimum atomic E-state index is -0.373. The molecule has 0 saturated carbocycles. The van der Waals surface area contributed by atoms with Crippen LogP contribution in [0.2, 0.25) is 0 Å². The van der Waals surface area contributed by atoms with Gasteiger partial charge >= 0.3 is 0 Å². The fourth-order valence-corrected chi connectivity index (χ4v) is 2.76. The molecule has 2 aromatic rings. The Kier molecular flexibility index (Phi) is 4.44. The van der Waals surface area contributed by atoms with E-state index in [0.717, 1.165) is 0 Å². The molecule has 0 fully saturated rings. The van der Waals surface area contributed by atoms with Crippen molar-refractivity contribution >= 4 is 33.3 Å². The summed E-state index contributed by atoms with van der Waals surface area (Å²) >= 11 is 3.34. The van der Waals surface area contributed by atoms with Crippen molar-refractivity contribution in [3.8, 4) is 17.2 Å². The first kappa shape index (κ1) is 16.3. The van der Waals surface area contributed by atoms with Gasteiger partial charge in [0.15, 0.2) is 17.3 Å². The van der Waals surface area contributed by atoms with Gasteiger partial charge in [0.1, 0.15) is 5.75 Å². The molecule has 0 bridgehead atoms. The summed E-state index contributed by atoms with van der Waals surface area (Å²) in [5.41, 5.74) is 1.11. The summed E-state index contributed by atoms with van der Waals surface area (Å²) in [5, 5.41) is 2.75. The van der Waals surface area contributed by atoms with Gasteiger partial charge in [0, 0.05) is 16.1 Å². The molecule has 0 aromatic heterocycles. The SMILES string of the molecule is COc1ccc(Br)c(C(=O)Nc2cc3c(cc2C(C)=O)OCO3)c1. The second-order valence-corrected chi connectivity index (χ2v) is 5.96. The molecule has 6 nitrogen and oxygen atoms in total. The fraction of sp³-hybridized carbons (Fsp3) is 0.176. The molecule has 0 atom stereocenters. The highest BCUT2D eigenvalue weighted by Crippen LogP contribution is 2.37. The van der Waals surface area contributed by atoms with Crippen molar-refractivity contribution < 1.29 is 23.8 Å². The third kappa shape index (κ3) is 3.07. The number of halogens is 1. The summed E-state index contributed by atoms with van der Waals surface area (Å²) < 4.78 is 16.3. The van der Waals surface area contributed by atoms with E-state index < -0.39 is 0 Å². The lowest BCUT2D eigenvalue weighted by atomic mass is 10.1. The van der Waals surface area contributed by atoms with E-state index >= 15 is 0 Å². The lowest BCUT2D eigenvalue weighted by Crippen LogP contribution is -2.15. The highest BCUT2D eigenvalue weighted by atomic mass is 79.9. The molecule has 0 saturated heterocycles. The second kappa shape index (κ2) is 6.52. The maximum absolute atomic E-state index is 12.6. The van der Waals surface area contributed by atoms with Crippen LogP contribution >= 0.6 is 15.9 Å². The van der Waals surface area contributed by atoms with E-state index in [1.807, 2.05) is 0 Å². The molecule has 124 valence electrons. The number of methoxy groups -OCH3 is 1. The Labute approximate surface area is 146 Å². The number of carbonyl (C=O) groups excluding carboxylic acids is 2. The average Bonchev–Trinajstić information content (AvgIpc) is 3.01. The third-order valence-electron chi connectivity index (χ3n) is 3.56. The molecular formula is C17H14BrNO5. The summed E-state index contributed by atoms with van der Waals surface area (Å²) in [7, 11) is 1.52. The minimum absolute atomic E-state index is 0.0888. The predicted octanol–water partition coefficient (Wildman–Crippen LogP) is 3.64. The maximum Gasteiger partial charge on any atom is 0.256 e. The summed E-state index contributed by atoms with van der Waals surface area (Å²) in [6.45, 7) is 1.51. The molecule has 0 unspecified atom stereocenters. The summed E-state index contributed by atoms with van der Waals surface area (Å²) in [6.07, 6.45) is 0. The Bertz CT molecular complexity index is 834. The third-order valence-corrected chi connectivity index (χ3v) is 4.25. The molecule has 1 aliphatic heterocycles. The standard InChI is InChI=1S/C17H14BrNO5/c1-9(20)11-6-15-16(24-8-23-15)7-14(11)19-17(21)12-5-10(22-2)3-4-13(12)18/h3-7H,8H2,1-2H3,(H,19,21). The highest BCUT2D eigenvalue weighted by Gasteiger charge is 2.21. The number of fused-ring (bicyclic) bond motifs is 1. The Hall–Kier alpha value is -2.54. The van der Waals surface area contributed by atoms with Gasteiger partial charge in [-0.15, -0.1) is 0 Å². The lowest BCUT2D eigenvalue weighted by molar-refractivity contribution is 0.101. The molecule has 0 radical (unpaired) electrons. The monoisotopic (exact) mass is 391 g/mol. The Balaban J connectivity index is 1.96. The zero-order valence-corrected chi connectivity index (χ0v) is 14.6. The van der Waals surface area contributed by atoms with Crippen molar-refractivity contribution in [2.24, 2.45) is 0 Å². The van der Waals surface area contributed by atoms with Crippen LogP contribution in [-0.4, -0.2) is 25.6 Å². The zero-order chi connectivity index (χ0) is 17.3. The van der Waals surface area contributed by atoms with Gasteiger partial charge in [-0.1, -0.05) is 0 Å². The van der Waals surface area contributed by atoms with Crippen molar-refractivity contribution in [3.05, 3.63) is 45.9 Å². The van der Waals surface area contributed by atoms with E-state index in [-0.39, 0.29) is 18.5 Å². The molecule has 2 aromatic carbocycles. The van der Waals surface area contributed by atoms with Gasteiger partial charge in [0.25, 0.3) is 5.91 Å². The number of hydrogen-bond donors (Lipinski definition) is 1. The van der Waals surface area contributed by atoms with Crippen LogP contribution < -0.4 is 19.5 Å². The Morgan fingerprint density at radius 3 is 2.50 bits per heavy atom. The molecular weight excluding hydrogens is 378 g/mol. The van der Waals surface area contributed by atoms with Gasteiger partial charge in [-0.3, -0.25) is 9.59 Å². The van der Waals surface area contributed by atoms with Gasteiger partial charge < -0.3 is 19.5 Å². The molecule has 0 aliphatic carbocycles. The topological polar surface area (TPSA) is 73.9 Å². The Morgan fingerprint density at radius 1 is 1.12 bits per heavy atom. The number of ketones is 1. The predicted molar refractivity (Wildman–Crippen MR) is 91.2 cm³/mol. The van der Waals surface area contributed by atoms with Gasteiger partial charge in [0.05, 0.1) is 18.4 Å². The first-order chi connectivity index (χ1) is 11.5. The second-order valence-electron chi connectivity index (χ2n) is 5.11. The molecule has 0 spiro atoms. The largest absolute Gasteiger partial charge is 0.497 e. The van der Waals surface area contributed by atoms with E-state index in [1.54, 1.807) is 30.3 Å². The number of benzene rings is 2. The lowest BCUT2D eigenvalue weighted by Gasteiger charge is -2.12. The van der Waals surface area contributed by atoms with Crippen molar-refractivity contribution in [1.29, 1.82) is 0 Å². The van der Waals surface area contributed by atoms with Gasteiger partial charge in [0.2, 0.25) is 6.79 Å². The van der Waals surface area contributed by atoms with Crippen LogP contribution in [0, 0.1) is 0 Å². The number of ether oxygens (including phenoxy) is 3. The number of rotatable bonds is 4. The number of amides is 1. The highest BCUT2D eigenvalue weighted by molar-refractivity contribution is 9.10. The Morgan fingerprint density at radius 2 is 1.83 bits per heavy atom. The smallest absolute Gasteiger partial charge is 0.256 e. The van der Waals surface area contributed by atoms with Gasteiger partial charge in [-0.05, 0) is 47.1 Å². The molecule has 1 heterocycles. The average molecular weight is 392 g/mol. The first-order valence-corrected chi connectivity index (χ1v) is 7.88. The number of nitrogens with one attached hydrogen (secondary N) is 1. The van der Waals surface area contributed by atoms with E-state index in [2.05, 4.69) is 21.2 Å². The van der Waals surface area contributed by atoms with E-state index in [1.165, 1.54) is 14.0 Å². The van der Waals surface area contributed by atoms with Gasteiger partial charge in [-0.25, -0.2) is 0 Å². The van der Waals surface area contributed by atoms with Crippen molar-refractivity contribution in [2.45, 2.75) is 6.92 Å². The number of Topliss-reactive ketones (excluding diaryl/α,β-unsaturated/α-hetero) is 1. The van der Waals surface area contributed by atoms with Crippen molar-refractivity contribution in [3.63, 3.8) is 0 Å². The van der Waals surface area contributed by atoms with Crippen LogP contribution in [0.15, 0.2) is 34.8 Å². The van der Waals surface area contributed by atoms with E-state index in [0.29, 0.717) is 38.5 Å². The van der Waals surface area contributed by atoms with E-state index in [4.69, 9.17) is 14.2 Å². The summed E-state index contributed by atoms with van der Waals surface area (Å²) in [4.78, 5) is 24.5. The van der Waals surface area contributed by atoms with E-state index in [9.17, 15) is 9.59 Å². The first-order valence-electron chi connectivity index (χ1n) is 7.09. The molecule has 1 N–H and O–H groups in total. The molecule has 24 heavy (non-hydrogen) atoms. The normalized spacial score (nSPS) is 12.0. The van der Waals surface area contributed by atoms with Crippen LogP contribution in [0.25, 0.3) is 0 Å².